The Morgan fingerprint density at radius 1 is 1.33 bits per heavy atom. The largest absolute Gasteiger partial charge is 0.350 e. The molecule has 0 radical (unpaired) electrons. The second-order valence-electron chi connectivity index (χ2n) is 3.89. The molecule has 3 heterocycles. The summed E-state index contributed by atoms with van der Waals surface area (Å²) in [6.07, 6.45) is 7.10. The van der Waals surface area contributed by atoms with E-state index in [4.69, 9.17) is 0 Å². The van der Waals surface area contributed by atoms with E-state index in [0.717, 1.165) is 27.8 Å². The summed E-state index contributed by atoms with van der Waals surface area (Å²) in [6.45, 7) is 1.01. The molecule has 5 heteroatoms. The van der Waals surface area contributed by atoms with Crippen molar-refractivity contribution < 1.29 is 0 Å². The van der Waals surface area contributed by atoms with Crippen LogP contribution in [0.25, 0.3) is 10.8 Å². The molecule has 4 nitrogen and oxygen atoms in total. The van der Waals surface area contributed by atoms with Gasteiger partial charge in [-0.05, 0) is 32.1 Å². The Labute approximate surface area is 92.1 Å². The number of aryl methyl sites for hydroxylation is 2. The average molecular weight is 221 g/mol. The van der Waals surface area contributed by atoms with Crippen LogP contribution in [-0.4, -0.2) is 13.8 Å². The predicted octanol–water partition coefficient (Wildman–Crippen LogP) is 1.23. The summed E-state index contributed by atoms with van der Waals surface area (Å²) in [7, 11) is 0. The molecule has 2 aromatic rings. The fraction of sp³-hybridized carbons (Fsp3) is 0.400. The summed E-state index contributed by atoms with van der Waals surface area (Å²) in [6, 6.07) is 0. The summed E-state index contributed by atoms with van der Waals surface area (Å²) in [4.78, 5) is 11.8. The molecule has 1 aliphatic rings. The van der Waals surface area contributed by atoms with E-state index in [0.29, 0.717) is 0 Å². The van der Waals surface area contributed by atoms with Crippen LogP contribution >= 0.6 is 12.8 Å². The lowest BCUT2D eigenvalue weighted by atomic mass is 10.1. The molecule has 0 aliphatic carbocycles. The molecule has 2 aromatic heterocycles. The summed E-state index contributed by atoms with van der Waals surface area (Å²) in [5.74, 6) is 0. The van der Waals surface area contributed by atoms with Crippen LogP contribution < -0.4 is 5.56 Å². The lowest BCUT2D eigenvalue weighted by Gasteiger charge is -2.14. The second kappa shape index (κ2) is 3.13. The third-order valence-electron chi connectivity index (χ3n) is 3.00. The quantitative estimate of drug-likeness (QED) is 0.680. The standard InChI is InChI=1S/C10H11N3OS/c14-10-8-6-12-4-2-1-3-9(12)7(8)5-11-13(10)15/h5-6,15H,1-4H2. The Hall–Kier alpha value is -1.23. The minimum absolute atomic E-state index is 0.127. The summed E-state index contributed by atoms with van der Waals surface area (Å²) in [5.41, 5.74) is 1.12. The second-order valence-corrected chi connectivity index (χ2v) is 4.27. The van der Waals surface area contributed by atoms with E-state index in [1.54, 1.807) is 6.20 Å². The monoisotopic (exact) mass is 221 g/mol. The molecule has 1 aliphatic heterocycles. The van der Waals surface area contributed by atoms with E-state index in [9.17, 15) is 4.79 Å². The van der Waals surface area contributed by atoms with E-state index in [2.05, 4.69) is 22.5 Å². The van der Waals surface area contributed by atoms with E-state index in [-0.39, 0.29) is 5.56 Å². The summed E-state index contributed by atoms with van der Waals surface area (Å²) in [5, 5.41) is 5.67. The Morgan fingerprint density at radius 3 is 3.07 bits per heavy atom. The normalized spacial score (nSPS) is 15.5. The maximum Gasteiger partial charge on any atom is 0.286 e. The molecule has 0 atom stereocenters. The van der Waals surface area contributed by atoms with Crippen LogP contribution in [0, 0.1) is 0 Å². The van der Waals surface area contributed by atoms with Gasteiger partial charge in [-0.1, -0.05) is 0 Å². The zero-order chi connectivity index (χ0) is 10.4. The first kappa shape index (κ1) is 9.03. The molecule has 0 unspecified atom stereocenters. The molecule has 78 valence electrons. The van der Waals surface area contributed by atoms with Gasteiger partial charge in [-0.3, -0.25) is 4.79 Å². The fourth-order valence-corrected chi connectivity index (χ4v) is 2.41. The van der Waals surface area contributed by atoms with Crippen molar-refractivity contribution in [2.75, 3.05) is 0 Å². The number of rotatable bonds is 0. The average Bonchev–Trinajstić information content (AvgIpc) is 2.63. The highest BCUT2D eigenvalue weighted by molar-refractivity contribution is 7.78. The van der Waals surface area contributed by atoms with Crippen molar-refractivity contribution in [2.45, 2.75) is 25.8 Å². The van der Waals surface area contributed by atoms with Crippen LogP contribution in [-0.2, 0) is 13.0 Å². The van der Waals surface area contributed by atoms with Crippen molar-refractivity contribution in [1.29, 1.82) is 0 Å². The third kappa shape index (κ3) is 1.23. The molecule has 0 N–H and O–H groups in total. The fourth-order valence-electron chi connectivity index (χ4n) is 2.25. The maximum atomic E-state index is 11.8. The van der Waals surface area contributed by atoms with Crippen LogP contribution in [0.2, 0.25) is 0 Å². The van der Waals surface area contributed by atoms with Crippen molar-refractivity contribution in [3.63, 3.8) is 0 Å². The van der Waals surface area contributed by atoms with Gasteiger partial charge >= 0.3 is 0 Å². The molecule has 0 fully saturated rings. The van der Waals surface area contributed by atoms with E-state index in [1.807, 2.05) is 6.20 Å². The van der Waals surface area contributed by atoms with E-state index >= 15 is 0 Å². The van der Waals surface area contributed by atoms with Gasteiger partial charge in [0.2, 0.25) is 0 Å². The van der Waals surface area contributed by atoms with Gasteiger partial charge in [-0.25, -0.2) is 0 Å². The number of fused-ring (bicyclic) bond motifs is 3. The minimum Gasteiger partial charge on any atom is -0.350 e. The van der Waals surface area contributed by atoms with Crippen molar-refractivity contribution >= 4 is 23.6 Å². The van der Waals surface area contributed by atoms with Crippen molar-refractivity contribution in [1.82, 2.24) is 13.8 Å². The Bertz CT molecular complexity index is 584. The predicted molar refractivity (Wildman–Crippen MR) is 61.3 cm³/mol. The Morgan fingerprint density at radius 2 is 2.20 bits per heavy atom. The molecule has 15 heavy (non-hydrogen) atoms. The number of thiol groups is 1. The molecular weight excluding hydrogens is 210 g/mol. The lowest BCUT2D eigenvalue weighted by Crippen LogP contribution is -2.14. The van der Waals surface area contributed by atoms with Crippen LogP contribution in [0.15, 0.2) is 17.2 Å². The van der Waals surface area contributed by atoms with Crippen LogP contribution in [0.4, 0.5) is 0 Å². The van der Waals surface area contributed by atoms with Gasteiger partial charge in [0.15, 0.2) is 0 Å². The molecule has 0 amide bonds. The van der Waals surface area contributed by atoms with E-state index < -0.39 is 0 Å². The molecular formula is C10H11N3OS. The van der Waals surface area contributed by atoms with Gasteiger partial charge in [0.1, 0.15) is 0 Å². The topological polar surface area (TPSA) is 39.8 Å². The van der Waals surface area contributed by atoms with Gasteiger partial charge in [0, 0.05) is 23.8 Å². The Kier molecular flexibility index (Phi) is 1.88. The highest BCUT2D eigenvalue weighted by atomic mass is 32.1. The number of hydrogen-bond acceptors (Lipinski definition) is 3. The molecule has 0 saturated carbocycles. The number of aromatic nitrogens is 3. The highest BCUT2D eigenvalue weighted by Crippen LogP contribution is 2.23. The van der Waals surface area contributed by atoms with E-state index in [1.165, 1.54) is 18.5 Å². The smallest absolute Gasteiger partial charge is 0.286 e. The lowest BCUT2D eigenvalue weighted by molar-refractivity contribution is 0.536. The van der Waals surface area contributed by atoms with Gasteiger partial charge in [0.05, 0.1) is 11.6 Å². The first-order valence-corrected chi connectivity index (χ1v) is 5.46. The van der Waals surface area contributed by atoms with Crippen molar-refractivity contribution in [3.8, 4) is 0 Å². The van der Waals surface area contributed by atoms with Gasteiger partial charge in [-0.2, -0.15) is 9.19 Å². The molecule has 0 saturated heterocycles. The number of hydrogen-bond donors (Lipinski definition) is 1. The van der Waals surface area contributed by atoms with Gasteiger partial charge in [0.25, 0.3) is 5.56 Å². The van der Waals surface area contributed by atoms with Crippen molar-refractivity contribution in [3.05, 3.63) is 28.4 Å². The highest BCUT2D eigenvalue weighted by Gasteiger charge is 2.15. The first-order valence-electron chi connectivity index (χ1n) is 5.06. The first-order chi connectivity index (χ1) is 7.27. The SMILES string of the molecule is O=c1c2cn3c(c2cnn1S)CCCC3. The molecule has 0 spiro atoms. The van der Waals surface area contributed by atoms with Gasteiger partial charge < -0.3 is 4.57 Å². The molecule has 0 bridgehead atoms. The van der Waals surface area contributed by atoms with Crippen LogP contribution in [0.3, 0.4) is 0 Å². The minimum atomic E-state index is -0.127. The molecule has 3 rings (SSSR count). The summed E-state index contributed by atoms with van der Waals surface area (Å²) >= 11 is 3.98. The van der Waals surface area contributed by atoms with Crippen LogP contribution in [0.1, 0.15) is 18.5 Å². The maximum absolute atomic E-state index is 11.8. The Balaban J connectivity index is 2.41. The summed E-state index contributed by atoms with van der Waals surface area (Å²) < 4.78 is 3.26. The van der Waals surface area contributed by atoms with Crippen molar-refractivity contribution in [2.24, 2.45) is 0 Å². The zero-order valence-electron chi connectivity index (χ0n) is 8.18. The zero-order valence-corrected chi connectivity index (χ0v) is 9.07. The third-order valence-corrected chi connectivity index (χ3v) is 3.29. The van der Waals surface area contributed by atoms with Crippen LogP contribution in [0.5, 0.6) is 0 Å². The number of nitrogens with zero attached hydrogens (tertiary/aromatic N) is 3. The van der Waals surface area contributed by atoms with Gasteiger partial charge in [-0.15, -0.1) is 0 Å². The molecule has 0 aromatic carbocycles.